The first-order valence-corrected chi connectivity index (χ1v) is 7.46. The molecular weight excluding hydrogens is 519 g/mol. The molecule has 6 nitrogen and oxygen atoms in total. The Kier molecular flexibility index (Phi) is 18.3. The van der Waals surface area contributed by atoms with Gasteiger partial charge in [0.1, 0.15) is 5.60 Å². The predicted octanol–water partition coefficient (Wildman–Crippen LogP) is 3.98. The molecule has 0 atom stereocenters. The summed E-state index contributed by atoms with van der Waals surface area (Å²) in [5.41, 5.74) is 0.419. The Morgan fingerprint density at radius 1 is 1.23 bits per heavy atom. The van der Waals surface area contributed by atoms with E-state index in [4.69, 9.17) is 4.74 Å². The number of hydrogen-bond donors (Lipinski definition) is 0. The summed E-state index contributed by atoms with van der Waals surface area (Å²) in [6, 6.07) is 6.05. The van der Waals surface area contributed by atoms with Crippen LogP contribution in [-0.2, 0) is 38.9 Å². The van der Waals surface area contributed by atoms with E-state index in [-0.39, 0.29) is 32.0 Å². The van der Waals surface area contributed by atoms with E-state index < -0.39 is 17.7 Å². The fraction of sp³-hybridized carbons (Fsp3) is 0.444. The predicted molar refractivity (Wildman–Crippen MR) is 93.3 cm³/mol. The fourth-order valence-corrected chi connectivity index (χ4v) is 1.06. The van der Waals surface area contributed by atoms with Gasteiger partial charge in [-0.3, -0.25) is 15.9 Å². The van der Waals surface area contributed by atoms with Crippen LogP contribution < -0.4 is 0 Å². The Morgan fingerprint density at radius 3 is 2.00 bits per heavy atom. The molecule has 1 amide bonds. The van der Waals surface area contributed by atoms with Crippen LogP contribution in [0.5, 0.6) is 0 Å². The number of esters is 1. The number of nitrogens with zero attached hydrogens (tertiary/aromatic N) is 1. The topological polar surface area (TPSA) is 83.8 Å². The van der Waals surface area contributed by atoms with Crippen LogP contribution in [0.3, 0.4) is 0 Å². The quantitative estimate of drug-likeness (QED) is 0.327. The minimum Gasteiger partial charge on any atom is -0.620 e. The van der Waals surface area contributed by atoms with Crippen LogP contribution in [0.15, 0.2) is 24.3 Å². The molecule has 0 aliphatic rings. The van der Waals surface area contributed by atoms with E-state index in [9.17, 15) is 18.8 Å². The zero-order valence-electron chi connectivity index (χ0n) is 15.7. The van der Waals surface area contributed by atoms with E-state index in [1.165, 1.54) is 25.5 Å². The van der Waals surface area contributed by atoms with Crippen LogP contribution in [0.2, 0.25) is 0 Å². The van der Waals surface area contributed by atoms with Gasteiger partial charge in [0.15, 0.2) is 0 Å². The molecule has 0 N–H and O–H groups in total. The largest absolute Gasteiger partial charge is 0.620 e. The second-order valence-corrected chi connectivity index (χ2v) is 5.46. The maximum atomic E-state index is 12.1. The minimum atomic E-state index is -0.512. The molecule has 0 fully saturated rings. The Hall–Kier alpha value is -1.93. The summed E-state index contributed by atoms with van der Waals surface area (Å²) in [7, 11) is 1.41. The average molecular weight is 545 g/mol. The molecule has 0 saturated heterocycles. The number of amides is 1. The third kappa shape index (κ3) is 22.1. The summed E-state index contributed by atoms with van der Waals surface area (Å²) in [6.07, 6.45) is 0.660. The number of ether oxygens (including phenoxy) is 2. The molecule has 0 saturated carbocycles. The normalized spacial score (nSPS) is 9.00. The van der Waals surface area contributed by atoms with Gasteiger partial charge in [-0.05, 0) is 27.7 Å². The summed E-state index contributed by atoms with van der Waals surface area (Å²) >= 11 is 0. The van der Waals surface area contributed by atoms with Crippen LogP contribution in [0.25, 0.3) is 5.32 Å². The first-order valence-electron chi connectivity index (χ1n) is 7.46. The van der Waals surface area contributed by atoms with E-state index >= 15 is 0 Å². The van der Waals surface area contributed by atoms with E-state index in [1.54, 1.807) is 39.8 Å². The monoisotopic (exact) mass is 546 g/mol. The van der Waals surface area contributed by atoms with Gasteiger partial charge in [-0.2, -0.15) is 24.6 Å². The van der Waals surface area contributed by atoms with E-state index in [2.05, 4.69) is 17.0 Å². The standard InChI is InChI=1S/C7H6F.C6H13NO2.C5H7O3.Os/c1-6-2-4-7(8)5-3-6;1-6(2,3)9-5(8)7-4;1-2-8-5(7)3-4-6;/h2-5H,1H2;1-4H3,(H,7,8);2-3H2,1H3;/q-1;;-1;/p-1. The van der Waals surface area contributed by atoms with Crippen molar-refractivity contribution in [1.82, 2.24) is 0 Å². The zero-order valence-corrected chi connectivity index (χ0v) is 18.2. The van der Waals surface area contributed by atoms with Crippen LogP contribution >= 0.6 is 0 Å². The molecule has 26 heavy (non-hydrogen) atoms. The van der Waals surface area contributed by atoms with E-state index in [0.717, 1.165) is 5.56 Å². The Labute approximate surface area is 167 Å². The molecule has 1 aromatic rings. The first-order chi connectivity index (χ1) is 11.6. The molecule has 0 spiro atoms. The van der Waals surface area contributed by atoms with Crippen molar-refractivity contribution in [3.63, 3.8) is 0 Å². The van der Waals surface area contributed by atoms with Crippen molar-refractivity contribution in [3.8, 4) is 0 Å². The van der Waals surface area contributed by atoms with Crippen molar-refractivity contribution in [1.29, 1.82) is 0 Å². The van der Waals surface area contributed by atoms with Gasteiger partial charge in [0, 0.05) is 19.8 Å². The van der Waals surface area contributed by atoms with Crippen LogP contribution in [0.1, 0.15) is 39.7 Å². The van der Waals surface area contributed by atoms with Crippen molar-refractivity contribution >= 4 is 18.3 Å². The summed E-state index contributed by atoms with van der Waals surface area (Å²) in [6.45, 7) is 11.0. The second-order valence-electron chi connectivity index (χ2n) is 5.46. The van der Waals surface area contributed by atoms with Crippen molar-refractivity contribution in [3.05, 3.63) is 47.9 Å². The average Bonchev–Trinajstić information content (AvgIpc) is 2.50. The number of benzene rings is 1. The molecule has 0 heterocycles. The van der Waals surface area contributed by atoms with Crippen LogP contribution in [0.4, 0.5) is 9.18 Å². The van der Waals surface area contributed by atoms with Crippen molar-refractivity contribution in [2.75, 3.05) is 13.7 Å². The number of hydrogen-bond acceptors (Lipinski definition) is 5. The molecule has 0 aliphatic carbocycles. The third-order valence-electron chi connectivity index (χ3n) is 2.01. The van der Waals surface area contributed by atoms with Gasteiger partial charge in [-0.1, -0.05) is 18.6 Å². The van der Waals surface area contributed by atoms with Crippen molar-refractivity contribution < 1.29 is 48.0 Å². The Bertz CT molecular complexity index is 494. The molecule has 0 aromatic heterocycles. The van der Waals surface area contributed by atoms with E-state index in [0.29, 0.717) is 6.61 Å². The van der Waals surface area contributed by atoms with Gasteiger partial charge in [0.25, 0.3) is 5.97 Å². The number of rotatable bonds is 3. The van der Waals surface area contributed by atoms with Gasteiger partial charge in [-0.25, -0.2) is 4.39 Å². The fourth-order valence-electron chi connectivity index (χ4n) is 1.06. The summed E-state index contributed by atoms with van der Waals surface area (Å²) in [5, 5.41) is 3.31. The molecule has 0 aliphatic heterocycles. The second kappa shape index (κ2) is 16.5. The van der Waals surface area contributed by atoms with E-state index in [1.807, 2.05) is 0 Å². The smallest absolute Gasteiger partial charge is 0.278 e. The molecule has 1 aromatic carbocycles. The first kappa shape index (κ1) is 28.9. The maximum absolute atomic E-state index is 12.1. The van der Waals surface area contributed by atoms with Crippen LogP contribution in [0, 0.1) is 12.7 Å². The summed E-state index contributed by atoms with van der Waals surface area (Å²) < 4.78 is 21.2. The Balaban J connectivity index is -0.000000300. The van der Waals surface area contributed by atoms with Crippen molar-refractivity contribution in [2.24, 2.45) is 0 Å². The Morgan fingerprint density at radius 2 is 1.73 bits per heavy atom. The molecule has 0 radical (unpaired) electrons. The summed E-state index contributed by atoms with van der Waals surface area (Å²) in [5.74, 6) is -0.722. The molecule has 150 valence electrons. The summed E-state index contributed by atoms with van der Waals surface area (Å²) in [4.78, 5) is 30.1. The van der Waals surface area contributed by atoms with Gasteiger partial charge >= 0.3 is 0 Å². The molecule has 0 unspecified atom stereocenters. The molecule has 0 bridgehead atoms. The maximum Gasteiger partial charge on any atom is 0.278 e. The number of halogens is 1. The van der Waals surface area contributed by atoms with Gasteiger partial charge in [0.05, 0.1) is 12.4 Å². The minimum absolute atomic E-state index is 0. The molecule has 8 heteroatoms. The number of carbonyl (C=O) groups excluding carboxylic acids is 3. The van der Waals surface area contributed by atoms with Gasteiger partial charge in [-0.15, -0.1) is 7.05 Å². The third-order valence-corrected chi connectivity index (χ3v) is 2.01. The van der Waals surface area contributed by atoms with Crippen molar-refractivity contribution in [2.45, 2.75) is 39.7 Å². The SMILES string of the molecule is CCOC(=O)C[C-]=O.C[N-]C(=O)OC(C)(C)C.[CH2-]c1ccc(F)cc1.[Os]. The molecular formula is C18H25FNO5Os-3. The zero-order chi connectivity index (χ0) is 19.9. The number of carbonyl (C=O) groups is 2. The van der Waals surface area contributed by atoms with Crippen LogP contribution in [-0.4, -0.2) is 37.6 Å². The van der Waals surface area contributed by atoms with Gasteiger partial charge in [0.2, 0.25) is 6.09 Å². The van der Waals surface area contributed by atoms with Gasteiger partial charge < -0.3 is 19.6 Å². The molecule has 1 rings (SSSR count).